The lowest BCUT2D eigenvalue weighted by molar-refractivity contribution is -0.161. The maximum Gasteiger partial charge on any atom is 0.306 e. The van der Waals surface area contributed by atoms with E-state index in [1.165, 1.54) is 51.4 Å². The maximum atomic E-state index is 12.1. The number of rotatable bonds is 31. The van der Waals surface area contributed by atoms with Gasteiger partial charge in [-0.05, 0) is 50.9 Å². The fourth-order valence-electron chi connectivity index (χ4n) is 4.73. The van der Waals surface area contributed by atoms with E-state index in [4.69, 9.17) is 9.47 Å². The number of hydrogen-bond acceptors (Lipinski definition) is 6. The number of aliphatic hydroxyl groups excluding tert-OH is 2. The molecule has 0 heterocycles. The zero-order chi connectivity index (χ0) is 34.6. The molecule has 2 atom stereocenters. The van der Waals surface area contributed by atoms with Gasteiger partial charge in [-0.1, -0.05) is 158 Å². The van der Waals surface area contributed by atoms with Gasteiger partial charge in [0.15, 0.2) is 6.10 Å². The van der Waals surface area contributed by atoms with Crippen molar-refractivity contribution in [3.8, 4) is 0 Å². The zero-order valence-corrected chi connectivity index (χ0v) is 30.0. The van der Waals surface area contributed by atoms with Crippen LogP contribution < -0.4 is 0 Å². The second-order valence-electron chi connectivity index (χ2n) is 12.6. The number of ether oxygens (including phenoxy) is 2. The Morgan fingerprint density at radius 3 is 1.83 bits per heavy atom. The summed E-state index contributed by atoms with van der Waals surface area (Å²) in [6, 6.07) is 0. The lowest BCUT2D eigenvalue weighted by atomic mass is 10.0. The molecule has 0 aliphatic carbocycles. The van der Waals surface area contributed by atoms with Crippen molar-refractivity contribution >= 4 is 11.9 Å². The largest absolute Gasteiger partial charge is 0.462 e. The summed E-state index contributed by atoms with van der Waals surface area (Å²) in [7, 11) is 0. The third-order valence-corrected chi connectivity index (χ3v) is 7.54. The Kier molecular flexibility index (Phi) is 32.6. The van der Waals surface area contributed by atoms with Crippen molar-refractivity contribution in [3.63, 3.8) is 0 Å². The second-order valence-corrected chi connectivity index (χ2v) is 12.6. The normalized spacial score (nSPS) is 13.8. The molecule has 2 N–H and O–H groups in total. The first-order chi connectivity index (χ1) is 22.9. The minimum absolute atomic E-state index is 0.120. The molecule has 0 amide bonds. The van der Waals surface area contributed by atoms with E-state index >= 15 is 0 Å². The van der Waals surface area contributed by atoms with E-state index in [2.05, 4.69) is 57.2 Å². The standard InChI is InChI=1S/C41H68O6/c1-4-5-25-31-38(43)32-27-22-18-14-9-7-6-8-10-15-19-23-28-33-40(44)46-36-39(35-42)47-41(45)34-29-24-20-16-12-11-13-17-21-26-30-37(2)3/h5,7-10,18-19,22-23,25,27,32,37-39,42-43H,4,6,11-17,20-21,24,26,28-31,33-36H2,1-3H3/b9-7-,10-8-,22-18+,23-19-,25-5-,32-27+/t38?,39-/m0/s1. The van der Waals surface area contributed by atoms with E-state index in [1.54, 1.807) is 6.08 Å². The highest BCUT2D eigenvalue weighted by Gasteiger charge is 2.15. The van der Waals surface area contributed by atoms with Gasteiger partial charge in [-0.15, -0.1) is 0 Å². The Balaban J connectivity index is 3.78. The van der Waals surface area contributed by atoms with Crippen LogP contribution in [-0.2, 0) is 19.1 Å². The van der Waals surface area contributed by atoms with Gasteiger partial charge in [0.05, 0.1) is 12.7 Å². The minimum Gasteiger partial charge on any atom is -0.462 e. The Bertz CT molecular complexity index is 911. The van der Waals surface area contributed by atoms with E-state index in [-0.39, 0.29) is 31.6 Å². The predicted molar refractivity (Wildman–Crippen MR) is 197 cm³/mol. The highest BCUT2D eigenvalue weighted by Crippen LogP contribution is 2.14. The summed E-state index contributed by atoms with van der Waals surface area (Å²) in [5, 5.41) is 19.3. The van der Waals surface area contributed by atoms with Crippen LogP contribution in [0.25, 0.3) is 0 Å². The van der Waals surface area contributed by atoms with Gasteiger partial charge in [0, 0.05) is 12.8 Å². The quantitative estimate of drug-likeness (QED) is 0.0334. The SMILES string of the molecule is CC/C=C\CC(O)/C=C/C=C/C/C=C\C/C=C\C/C=C\CCC(=O)OC[C@H](CO)OC(=O)CCCCCCCCCCCCC(C)C. The summed E-state index contributed by atoms with van der Waals surface area (Å²) in [6.07, 6.45) is 41.6. The Labute approximate surface area is 287 Å². The molecule has 0 saturated heterocycles. The van der Waals surface area contributed by atoms with Crippen molar-refractivity contribution in [1.29, 1.82) is 0 Å². The average molecular weight is 657 g/mol. The number of aliphatic hydroxyl groups is 2. The zero-order valence-electron chi connectivity index (χ0n) is 30.0. The van der Waals surface area contributed by atoms with Gasteiger partial charge >= 0.3 is 11.9 Å². The Morgan fingerprint density at radius 1 is 0.660 bits per heavy atom. The molecule has 0 bridgehead atoms. The van der Waals surface area contributed by atoms with Crippen molar-refractivity contribution < 1.29 is 29.3 Å². The molecule has 6 heteroatoms. The highest BCUT2D eigenvalue weighted by atomic mass is 16.6. The van der Waals surface area contributed by atoms with Crippen molar-refractivity contribution in [3.05, 3.63) is 72.9 Å². The van der Waals surface area contributed by atoms with Gasteiger partial charge in [-0.3, -0.25) is 9.59 Å². The summed E-state index contributed by atoms with van der Waals surface area (Å²) in [5.41, 5.74) is 0. The molecule has 47 heavy (non-hydrogen) atoms. The summed E-state index contributed by atoms with van der Waals surface area (Å²) in [6.45, 7) is 6.17. The summed E-state index contributed by atoms with van der Waals surface area (Å²) in [5.74, 6) is 0.0988. The van der Waals surface area contributed by atoms with Gasteiger partial charge in [-0.2, -0.15) is 0 Å². The van der Waals surface area contributed by atoms with Crippen molar-refractivity contribution in [1.82, 2.24) is 0 Å². The predicted octanol–water partition coefficient (Wildman–Crippen LogP) is 10.2. The van der Waals surface area contributed by atoms with Gasteiger partial charge in [0.25, 0.3) is 0 Å². The summed E-state index contributed by atoms with van der Waals surface area (Å²) < 4.78 is 10.5. The second kappa shape index (κ2) is 34.6. The molecule has 1 unspecified atom stereocenters. The van der Waals surface area contributed by atoms with Crippen LogP contribution in [0.15, 0.2) is 72.9 Å². The monoisotopic (exact) mass is 657 g/mol. The van der Waals surface area contributed by atoms with Crippen LogP contribution in [-0.4, -0.2) is 47.6 Å². The number of carbonyl (C=O) groups excluding carboxylic acids is 2. The molecule has 6 nitrogen and oxygen atoms in total. The molecule has 0 aliphatic rings. The molecule has 0 aromatic heterocycles. The van der Waals surface area contributed by atoms with E-state index in [0.717, 1.165) is 50.9 Å². The minimum atomic E-state index is -0.813. The summed E-state index contributed by atoms with van der Waals surface area (Å²) in [4.78, 5) is 24.2. The van der Waals surface area contributed by atoms with Crippen molar-refractivity contribution in [2.45, 2.75) is 155 Å². The van der Waals surface area contributed by atoms with Gasteiger partial charge in [0.1, 0.15) is 6.61 Å². The smallest absolute Gasteiger partial charge is 0.306 e. The Hall–Kier alpha value is -2.70. The van der Waals surface area contributed by atoms with Crippen LogP contribution in [0.4, 0.5) is 0 Å². The number of allylic oxidation sites excluding steroid dienone is 10. The molecule has 0 aromatic carbocycles. The van der Waals surface area contributed by atoms with Crippen LogP contribution >= 0.6 is 0 Å². The van der Waals surface area contributed by atoms with Crippen LogP contribution in [0.3, 0.4) is 0 Å². The van der Waals surface area contributed by atoms with Crippen LogP contribution in [0.2, 0.25) is 0 Å². The molecule has 0 radical (unpaired) electrons. The topological polar surface area (TPSA) is 93.1 Å². The molecule has 0 rings (SSSR count). The van der Waals surface area contributed by atoms with E-state index in [0.29, 0.717) is 19.3 Å². The molecule has 0 fully saturated rings. The van der Waals surface area contributed by atoms with Gasteiger partial charge < -0.3 is 19.7 Å². The van der Waals surface area contributed by atoms with Crippen molar-refractivity contribution in [2.75, 3.05) is 13.2 Å². The third kappa shape index (κ3) is 34.5. The van der Waals surface area contributed by atoms with E-state index in [9.17, 15) is 19.8 Å². The lowest BCUT2D eigenvalue weighted by Crippen LogP contribution is -2.28. The van der Waals surface area contributed by atoms with E-state index < -0.39 is 12.2 Å². The first-order valence-electron chi connectivity index (χ1n) is 18.5. The molecule has 0 aromatic rings. The fourth-order valence-corrected chi connectivity index (χ4v) is 4.73. The van der Waals surface area contributed by atoms with Crippen LogP contribution in [0.5, 0.6) is 0 Å². The van der Waals surface area contributed by atoms with Crippen LogP contribution in [0, 0.1) is 5.92 Å². The molecule has 0 spiro atoms. The Morgan fingerprint density at radius 2 is 1.23 bits per heavy atom. The number of unbranched alkanes of at least 4 members (excludes halogenated alkanes) is 9. The van der Waals surface area contributed by atoms with Crippen molar-refractivity contribution in [2.24, 2.45) is 5.92 Å². The number of carbonyl (C=O) groups is 2. The summed E-state index contributed by atoms with van der Waals surface area (Å²) >= 11 is 0. The fraction of sp³-hybridized carbons (Fsp3) is 0.659. The van der Waals surface area contributed by atoms with Gasteiger partial charge in [0.2, 0.25) is 0 Å². The first-order valence-corrected chi connectivity index (χ1v) is 18.5. The highest BCUT2D eigenvalue weighted by molar-refractivity contribution is 5.70. The van der Waals surface area contributed by atoms with Gasteiger partial charge in [-0.25, -0.2) is 0 Å². The first kappa shape index (κ1) is 44.3. The third-order valence-electron chi connectivity index (χ3n) is 7.54. The number of esters is 2. The molecular weight excluding hydrogens is 588 g/mol. The molecule has 0 aliphatic heterocycles. The van der Waals surface area contributed by atoms with E-state index in [1.807, 2.05) is 30.4 Å². The molecule has 268 valence electrons. The molecular formula is C41H68O6. The lowest BCUT2D eigenvalue weighted by Gasteiger charge is -2.15. The average Bonchev–Trinajstić information content (AvgIpc) is 3.05. The maximum absolute atomic E-state index is 12.1. The molecule has 0 saturated carbocycles. The number of hydrogen-bond donors (Lipinski definition) is 2. The van der Waals surface area contributed by atoms with Crippen LogP contribution in [0.1, 0.15) is 143 Å².